The Balaban J connectivity index is 1.81. The van der Waals surface area contributed by atoms with Gasteiger partial charge in [0.05, 0.1) is 18.2 Å². The molecular formula is C17H31N5O2. The number of aromatic nitrogens is 3. The summed E-state index contributed by atoms with van der Waals surface area (Å²) in [5.41, 5.74) is -0.0758. The minimum Gasteiger partial charge on any atom is -0.377 e. The molecule has 1 aliphatic rings. The van der Waals surface area contributed by atoms with Crippen LogP contribution in [0, 0.1) is 11.3 Å². The molecule has 7 heteroatoms. The predicted octanol–water partition coefficient (Wildman–Crippen LogP) is 2.28. The normalized spacial score (nSPS) is 21.8. The summed E-state index contributed by atoms with van der Waals surface area (Å²) in [6, 6.07) is -0.182. The molecule has 0 radical (unpaired) electrons. The van der Waals surface area contributed by atoms with Gasteiger partial charge in [-0.25, -0.2) is 14.5 Å². The van der Waals surface area contributed by atoms with Crippen LogP contribution in [-0.4, -0.2) is 40.1 Å². The molecule has 0 unspecified atom stereocenters. The van der Waals surface area contributed by atoms with Gasteiger partial charge >= 0.3 is 6.03 Å². The number of hydrogen-bond acceptors (Lipinski definition) is 4. The molecule has 1 aromatic heterocycles. The van der Waals surface area contributed by atoms with E-state index in [1.807, 2.05) is 4.68 Å². The van der Waals surface area contributed by atoms with Gasteiger partial charge < -0.3 is 15.4 Å². The maximum absolute atomic E-state index is 12.1. The highest BCUT2D eigenvalue weighted by Gasteiger charge is 2.37. The van der Waals surface area contributed by atoms with Crippen molar-refractivity contribution in [1.29, 1.82) is 0 Å². The molecule has 136 valence electrons. The summed E-state index contributed by atoms with van der Waals surface area (Å²) in [6.45, 7) is 14.4. The smallest absolute Gasteiger partial charge is 0.315 e. The summed E-state index contributed by atoms with van der Waals surface area (Å²) in [5, 5.41) is 10.0. The highest BCUT2D eigenvalue weighted by atomic mass is 16.5. The van der Waals surface area contributed by atoms with Crippen molar-refractivity contribution >= 4 is 6.03 Å². The first-order chi connectivity index (χ1) is 11.1. The fourth-order valence-corrected chi connectivity index (χ4v) is 3.19. The summed E-state index contributed by atoms with van der Waals surface area (Å²) in [5.74, 6) is 1.10. The number of amides is 2. The number of carbonyl (C=O) groups excluding carboxylic acids is 1. The van der Waals surface area contributed by atoms with Crippen LogP contribution >= 0.6 is 0 Å². The van der Waals surface area contributed by atoms with E-state index in [1.54, 1.807) is 0 Å². The zero-order chi connectivity index (χ0) is 18.0. The average molecular weight is 337 g/mol. The van der Waals surface area contributed by atoms with Gasteiger partial charge in [-0.15, -0.1) is 0 Å². The van der Waals surface area contributed by atoms with Gasteiger partial charge in [-0.3, -0.25) is 0 Å². The number of carbonyl (C=O) groups is 1. The molecular weight excluding hydrogens is 306 g/mol. The Kier molecular flexibility index (Phi) is 5.52. The van der Waals surface area contributed by atoms with Crippen molar-refractivity contribution in [2.24, 2.45) is 11.3 Å². The van der Waals surface area contributed by atoms with E-state index in [-0.39, 0.29) is 23.1 Å². The van der Waals surface area contributed by atoms with Crippen LogP contribution in [0.2, 0.25) is 0 Å². The highest BCUT2D eigenvalue weighted by molar-refractivity contribution is 5.73. The third kappa shape index (κ3) is 4.69. The van der Waals surface area contributed by atoms with E-state index in [0.717, 1.165) is 18.9 Å². The fraction of sp³-hybridized carbons (Fsp3) is 0.824. The van der Waals surface area contributed by atoms with Crippen LogP contribution in [0.3, 0.4) is 0 Å². The first-order valence-electron chi connectivity index (χ1n) is 8.61. The topological polar surface area (TPSA) is 81.1 Å². The second kappa shape index (κ2) is 7.09. The van der Waals surface area contributed by atoms with Crippen molar-refractivity contribution in [3.05, 3.63) is 12.2 Å². The Morgan fingerprint density at radius 1 is 1.29 bits per heavy atom. The molecule has 2 amide bonds. The number of nitrogens with one attached hydrogen (secondary N) is 2. The monoisotopic (exact) mass is 337 g/mol. The van der Waals surface area contributed by atoms with Gasteiger partial charge in [0.1, 0.15) is 12.2 Å². The Hall–Kier alpha value is -1.63. The van der Waals surface area contributed by atoms with Crippen molar-refractivity contribution < 1.29 is 9.53 Å². The molecule has 2 rings (SSSR count). The number of urea groups is 1. The van der Waals surface area contributed by atoms with E-state index >= 15 is 0 Å². The molecule has 0 spiro atoms. The van der Waals surface area contributed by atoms with E-state index in [4.69, 9.17) is 4.74 Å². The Labute approximate surface area is 144 Å². The maximum atomic E-state index is 12.1. The molecule has 2 N–H and O–H groups in total. The number of ether oxygens (including phenoxy) is 1. The molecule has 1 saturated heterocycles. The second-order valence-electron chi connectivity index (χ2n) is 8.53. The number of rotatable bonds is 4. The van der Waals surface area contributed by atoms with E-state index in [9.17, 15) is 4.79 Å². The summed E-state index contributed by atoms with van der Waals surface area (Å²) in [6.07, 6.45) is 2.69. The molecule has 0 aliphatic carbocycles. The molecule has 1 aromatic rings. The fourth-order valence-electron chi connectivity index (χ4n) is 3.19. The molecule has 24 heavy (non-hydrogen) atoms. The van der Waals surface area contributed by atoms with Crippen LogP contribution in [-0.2, 0) is 16.8 Å². The lowest BCUT2D eigenvalue weighted by Crippen LogP contribution is -2.42. The van der Waals surface area contributed by atoms with Crippen LogP contribution < -0.4 is 10.6 Å². The van der Waals surface area contributed by atoms with Crippen LogP contribution in [0.15, 0.2) is 6.33 Å². The summed E-state index contributed by atoms with van der Waals surface area (Å²) < 4.78 is 7.67. The first kappa shape index (κ1) is 18.7. The molecule has 1 aliphatic heterocycles. The third-order valence-electron chi connectivity index (χ3n) is 4.25. The second-order valence-corrected chi connectivity index (χ2v) is 8.53. The first-order valence-corrected chi connectivity index (χ1v) is 8.61. The molecule has 0 bridgehead atoms. The molecule has 2 heterocycles. The largest absolute Gasteiger partial charge is 0.377 e. The van der Waals surface area contributed by atoms with E-state index in [2.05, 4.69) is 62.3 Å². The third-order valence-corrected chi connectivity index (χ3v) is 4.25. The molecule has 7 nitrogen and oxygen atoms in total. The van der Waals surface area contributed by atoms with Gasteiger partial charge in [0, 0.05) is 19.1 Å². The summed E-state index contributed by atoms with van der Waals surface area (Å²) in [4.78, 5) is 16.3. The van der Waals surface area contributed by atoms with Gasteiger partial charge in [-0.1, -0.05) is 20.8 Å². The van der Waals surface area contributed by atoms with Gasteiger partial charge in [0.15, 0.2) is 0 Å². The van der Waals surface area contributed by atoms with Crippen LogP contribution in [0.4, 0.5) is 4.79 Å². The van der Waals surface area contributed by atoms with Crippen molar-refractivity contribution in [2.45, 2.75) is 66.2 Å². The highest BCUT2D eigenvalue weighted by Crippen LogP contribution is 2.34. The summed E-state index contributed by atoms with van der Waals surface area (Å²) >= 11 is 0. The van der Waals surface area contributed by atoms with Crippen LogP contribution in [0.5, 0.6) is 0 Å². The van der Waals surface area contributed by atoms with Gasteiger partial charge in [-0.2, -0.15) is 5.10 Å². The molecule has 0 aromatic carbocycles. The van der Waals surface area contributed by atoms with Gasteiger partial charge in [0.2, 0.25) is 0 Å². The Bertz CT molecular complexity index is 556. The average Bonchev–Trinajstić information content (AvgIpc) is 3.10. The standard InChI is InChI=1S/C17H31N5O2/c1-16(2,3)14-12(7-8-24-14)9-18-15(23)19-10-13-20-11-21-22(13)17(4,5)6/h11-12,14H,7-10H2,1-6H3,(H2,18,19,23)/t12-,14+/m1/s1. The van der Waals surface area contributed by atoms with E-state index in [1.165, 1.54) is 6.33 Å². The molecule has 2 atom stereocenters. The Morgan fingerprint density at radius 3 is 2.62 bits per heavy atom. The van der Waals surface area contributed by atoms with E-state index in [0.29, 0.717) is 19.0 Å². The lowest BCUT2D eigenvalue weighted by Gasteiger charge is -2.31. The van der Waals surface area contributed by atoms with Crippen molar-refractivity contribution in [2.75, 3.05) is 13.2 Å². The minimum atomic E-state index is -0.182. The zero-order valence-electron chi connectivity index (χ0n) is 15.7. The zero-order valence-corrected chi connectivity index (χ0v) is 15.7. The summed E-state index contributed by atoms with van der Waals surface area (Å²) in [7, 11) is 0. The van der Waals surface area contributed by atoms with Crippen molar-refractivity contribution in [1.82, 2.24) is 25.4 Å². The van der Waals surface area contributed by atoms with E-state index < -0.39 is 0 Å². The molecule has 1 fully saturated rings. The lowest BCUT2D eigenvalue weighted by atomic mass is 9.81. The van der Waals surface area contributed by atoms with Crippen LogP contribution in [0.1, 0.15) is 53.8 Å². The maximum Gasteiger partial charge on any atom is 0.315 e. The van der Waals surface area contributed by atoms with Crippen molar-refractivity contribution in [3.8, 4) is 0 Å². The van der Waals surface area contributed by atoms with Crippen molar-refractivity contribution in [3.63, 3.8) is 0 Å². The SMILES string of the molecule is CC(C)(C)[C@H]1OCC[C@@H]1CNC(=O)NCc1ncnn1C(C)(C)C. The van der Waals surface area contributed by atoms with Gasteiger partial charge in [-0.05, 0) is 32.6 Å². The minimum absolute atomic E-state index is 0.0858. The number of hydrogen-bond donors (Lipinski definition) is 2. The number of nitrogens with zero attached hydrogens (tertiary/aromatic N) is 3. The molecule has 0 saturated carbocycles. The van der Waals surface area contributed by atoms with Crippen LogP contribution in [0.25, 0.3) is 0 Å². The Morgan fingerprint density at radius 2 is 2.00 bits per heavy atom. The van der Waals surface area contributed by atoms with Gasteiger partial charge in [0.25, 0.3) is 0 Å². The quantitative estimate of drug-likeness (QED) is 0.883. The predicted molar refractivity (Wildman–Crippen MR) is 92.6 cm³/mol. The lowest BCUT2D eigenvalue weighted by molar-refractivity contribution is 0.00775.